The van der Waals surface area contributed by atoms with E-state index in [1.807, 2.05) is 43.3 Å². The number of carbonyl (C=O) groups excluding carboxylic acids is 2. The lowest BCUT2D eigenvalue weighted by atomic mass is 10.1. The van der Waals surface area contributed by atoms with Crippen molar-refractivity contribution in [3.8, 4) is 6.07 Å². The summed E-state index contributed by atoms with van der Waals surface area (Å²) in [5.74, 6) is -0.622. The topological polar surface area (TPSA) is 104 Å². The number of rotatable bonds is 6. The highest BCUT2D eigenvalue weighted by Crippen LogP contribution is 2.14. The van der Waals surface area contributed by atoms with Crippen LogP contribution in [0.5, 0.6) is 0 Å². The van der Waals surface area contributed by atoms with E-state index in [0.29, 0.717) is 22.5 Å². The van der Waals surface area contributed by atoms with Crippen molar-refractivity contribution in [2.75, 3.05) is 5.32 Å². The van der Waals surface area contributed by atoms with Gasteiger partial charge in [0, 0.05) is 16.9 Å². The molecule has 7 heteroatoms. The average Bonchev–Trinajstić information content (AvgIpc) is 2.78. The standard InChI is InChI=1S/C25H24N4O3/c1-16-13-17(2)29(25(32)22(16)14-26)15-23(30)28-21-11-9-20(10-12-21)24(31)27-18(3)19-7-5-4-6-8-19/h4-13,18H,15H2,1-3H3,(H,27,31)(H,28,30). The molecule has 2 N–H and O–H groups in total. The lowest BCUT2D eigenvalue weighted by Gasteiger charge is -2.15. The van der Waals surface area contributed by atoms with Crippen LogP contribution in [0, 0.1) is 25.2 Å². The van der Waals surface area contributed by atoms with Crippen molar-refractivity contribution >= 4 is 17.5 Å². The Kier molecular flexibility index (Phi) is 6.86. The van der Waals surface area contributed by atoms with Gasteiger partial charge in [-0.1, -0.05) is 30.3 Å². The molecule has 3 rings (SSSR count). The van der Waals surface area contributed by atoms with Crippen molar-refractivity contribution in [2.24, 2.45) is 0 Å². The first-order chi connectivity index (χ1) is 15.3. The third kappa shape index (κ3) is 5.10. The molecule has 162 valence electrons. The molecule has 0 saturated carbocycles. The van der Waals surface area contributed by atoms with E-state index in [4.69, 9.17) is 0 Å². The number of aromatic nitrogens is 1. The van der Waals surface area contributed by atoms with E-state index in [1.165, 1.54) is 4.57 Å². The largest absolute Gasteiger partial charge is 0.346 e. The van der Waals surface area contributed by atoms with Crippen LogP contribution in [-0.2, 0) is 11.3 Å². The normalized spacial score (nSPS) is 11.3. The second kappa shape index (κ2) is 9.75. The van der Waals surface area contributed by atoms with Gasteiger partial charge in [-0.25, -0.2) is 0 Å². The van der Waals surface area contributed by atoms with Crippen molar-refractivity contribution in [3.05, 3.63) is 99.0 Å². The van der Waals surface area contributed by atoms with E-state index in [9.17, 15) is 19.6 Å². The first kappa shape index (κ1) is 22.5. The molecule has 1 heterocycles. The average molecular weight is 428 g/mol. The predicted octanol–water partition coefficient (Wildman–Crippen LogP) is 3.47. The molecule has 32 heavy (non-hydrogen) atoms. The first-order valence-corrected chi connectivity index (χ1v) is 10.2. The number of anilines is 1. The van der Waals surface area contributed by atoms with Gasteiger partial charge in [0.05, 0.1) is 6.04 Å². The number of carbonyl (C=O) groups is 2. The predicted molar refractivity (Wildman–Crippen MR) is 122 cm³/mol. The fraction of sp³-hybridized carbons (Fsp3) is 0.200. The maximum absolute atomic E-state index is 12.5. The SMILES string of the molecule is Cc1cc(C)n(CC(=O)Nc2ccc(C(=O)NC(C)c3ccccc3)cc2)c(=O)c1C#N. The van der Waals surface area contributed by atoms with Gasteiger partial charge in [0.2, 0.25) is 5.91 Å². The van der Waals surface area contributed by atoms with E-state index in [0.717, 1.165) is 5.56 Å². The molecular formula is C25H24N4O3. The highest BCUT2D eigenvalue weighted by atomic mass is 16.2. The number of hydrogen-bond acceptors (Lipinski definition) is 4. The molecule has 2 amide bonds. The summed E-state index contributed by atoms with van der Waals surface area (Å²) in [6, 6.07) is 19.6. The molecule has 7 nitrogen and oxygen atoms in total. The zero-order chi connectivity index (χ0) is 23.3. The quantitative estimate of drug-likeness (QED) is 0.627. The fourth-order valence-electron chi connectivity index (χ4n) is 3.41. The Balaban J connectivity index is 1.65. The van der Waals surface area contributed by atoms with Crippen molar-refractivity contribution in [3.63, 3.8) is 0 Å². The van der Waals surface area contributed by atoms with Gasteiger partial charge in [0.25, 0.3) is 11.5 Å². The molecule has 1 aromatic heterocycles. The van der Waals surface area contributed by atoms with Gasteiger partial charge < -0.3 is 15.2 Å². The molecule has 1 unspecified atom stereocenters. The number of pyridine rings is 1. The van der Waals surface area contributed by atoms with Crippen molar-refractivity contribution in [1.29, 1.82) is 5.26 Å². The molecule has 0 aliphatic heterocycles. The van der Waals surface area contributed by atoms with Gasteiger partial charge in [-0.3, -0.25) is 14.4 Å². The fourth-order valence-corrected chi connectivity index (χ4v) is 3.41. The highest BCUT2D eigenvalue weighted by Gasteiger charge is 2.14. The highest BCUT2D eigenvalue weighted by molar-refractivity contribution is 5.96. The minimum atomic E-state index is -0.486. The molecule has 0 aliphatic rings. The zero-order valence-electron chi connectivity index (χ0n) is 18.2. The van der Waals surface area contributed by atoms with Gasteiger partial charge in [-0.15, -0.1) is 0 Å². The maximum Gasteiger partial charge on any atom is 0.269 e. The van der Waals surface area contributed by atoms with Crippen LogP contribution in [0.4, 0.5) is 5.69 Å². The molecule has 0 aliphatic carbocycles. The molecule has 1 atom stereocenters. The van der Waals surface area contributed by atoms with Crippen LogP contribution < -0.4 is 16.2 Å². The summed E-state index contributed by atoms with van der Waals surface area (Å²) < 4.78 is 1.27. The van der Waals surface area contributed by atoms with E-state index >= 15 is 0 Å². The molecular weight excluding hydrogens is 404 g/mol. The summed E-state index contributed by atoms with van der Waals surface area (Å²) in [5.41, 5.74) is 2.70. The Hall–Kier alpha value is -4.18. The van der Waals surface area contributed by atoms with E-state index < -0.39 is 11.5 Å². The van der Waals surface area contributed by atoms with Gasteiger partial charge >= 0.3 is 0 Å². The van der Waals surface area contributed by atoms with E-state index in [1.54, 1.807) is 44.2 Å². The van der Waals surface area contributed by atoms with Crippen molar-refractivity contribution in [1.82, 2.24) is 9.88 Å². The molecule has 2 aromatic carbocycles. The van der Waals surface area contributed by atoms with Crippen LogP contribution in [-0.4, -0.2) is 16.4 Å². The molecule has 0 saturated heterocycles. The van der Waals surface area contributed by atoms with Crippen LogP contribution >= 0.6 is 0 Å². The minimum absolute atomic E-state index is 0.0310. The Morgan fingerprint density at radius 3 is 2.34 bits per heavy atom. The number of nitrogens with zero attached hydrogens (tertiary/aromatic N) is 2. The molecule has 0 radical (unpaired) electrons. The summed E-state index contributed by atoms with van der Waals surface area (Å²) >= 11 is 0. The van der Waals surface area contributed by atoms with Crippen molar-refractivity contribution < 1.29 is 9.59 Å². The summed E-state index contributed by atoms with van der Waals surface area (Å²) in [6.45, 7) is 5.10. The lowest BCUT2D eigenvalue weighted by Crippen LogP contribution is -2.31. The summed E-state index contributed by atoms with van der Waals surface area (Å²) in [7, 11) is 0. The Morgan fingerprint density at radius 1 is 1.06 bits per heavy atom. The Bertz CT molecular complexity index is 1240. The van der Waals surface area contributed by atoms with Crippen molar-refractivity contribution in [2.45, 2.75) is 33.4 Å². The molecule has 0 spiro atoms. The van der Waals surface area contributed by atoms with Crippen LogP contribution in [0.2, 0.25) is 0 Å². The van der Waals surface area contributed by atoms with Gasteiger partial charge in [-0.2, -0.15) is 5.26 Å². The maximum atomic E-state index is 12.5. The molecule has 0 fully saturated rings. The van der Waals surface area contributed by atoms with Crippen LogP contribution in [0.25, 0.3) is 0 Å². The lowest BCUT2D eigenvalue weighted by molar-refractivity contribution is -0.116. The monoisotopic (exact) mass is 428 g/mol. The van der Waals surface area contributed by atoms with E-state index in [-0.39, 0.29) is 24.1 Å². The van der Waals surface area contributed by atoms with Crippen LogP contribution in [0.15, 0.2) is 65.5 Å². The van der Waals surface area contributed by atoms with Crippen LogP contribution in [0.1, 0.15) is 45.7 Å². The number of nitriles is 1. The number of aryl methyl sites for hydroxylation is 2. The van der Waals surface area contributed by atoms with Gasteiger partial charge in [0.1, 0.15) is 18.2 Å². The second-order valence-corrected chi connectivity index (χ2v) is 7.58. The minimum Gasteiger partial charge on any atom is -0.346 e. The zero-order valence-corrected chi connectivity index (χ0v) is 18.2. The third-order valence-corrected chi connectivity index (χ3v) is 5.20. The summed E-state index contributed by atoms with van der Waals surface area (Å²) in [5, 5.41) is 14.8. The summed E-state index contributed by atoms with van der Waals surface area (Å²) in [4.78, 5) is 37.4. The third-order valence-electron chi connectivity index (χ3n) is 5.20. The number of nitrogens with one attached hydrogen (secondary N) is 2. The smallest absolute Gasteiger partial charge is 0.269 e. The second-order valence-electron chi connectivity index (χ2n) is 7.58. The Labute approximate surface area is 186 Å². The first-order valence-electron chi connectivity index (χ1n) is 10.2. The van der Waals surface area contributed by atoms with Crippen LogP contribution in [0.3, 0.4) is 0 Å². The Morgan fingerprint density at radius 2 is 1.72 bits per heavy atom. The molecule has 3 aromatic rings. The van der Waals surface area contributed by atoms with Gasteiger partial charge in [0.15, 0.2) is 0 Å². The number of amides is 2. The van der Waals surface area contributed by atoms with Gasteiger partial charge in [-0.05, 0) is 62.2 Å². The summed E-state index contributed by atoms with van der Waals surface area (Å²) in [6.07, 6.45) is 0. The number of benzene rings is 2. The molecule has 0 bridgehead atoms. The van der Waals surface area contributed by atoms with E-state index in [2.05, 4.69) is 10.6 Å². The number of hydrogen-bond donors (Lipinski definition) is 2.